The number of carboxylic acid groups (broad SMARTS) is 1. The third-order valence-electron chi connectivity index (χ3n) is 4.41. The van der Waals surface area contributed by atoms with E-state index in [1.807, 2.05) is 14.0 Å². The lowest BCUT2D eigenvalue weighted by Crippen LogP contribution is -2.61. The normalized spacial score (nSPS) is 27.0. The maximum Gasteiger partial charge on any atom is 0.329 e. The molecule has 0 aromatic heterocycles. The number of ether oxygens (including phenoxy) is 1. The maximum atomic E-state index is 12.5. The van der Waals surface area contributed by atoms with Crippen molar-refractivity contribution in [2.45, 2.75) is 37.8 Å². The number of urea groups is 1. The molecule has 120 valence electrons. The summed E-state index contributed by atoms with van der Waals surface area (Å²) in [6, 6.07) is -0.203. The van der Waals surface area contributed by atoms with Gasteiger partial charge in [-0.1, -0.05) is 0 Å². The molecule has 7 nitrogen and oxygen atoms in total. The van der Waals surface area contributed by atoms with E-state index in [9.17, 15) is 14.7 Å². The van der Waals surface area contributed by atoms with Crippen molar-refractivity contribution >= 4 is 12.0 Å². The van der Waals surface area contributed by atoms with E-state index in [0.717, 1.165) is 19.5 Å². The molecular weight excluding hydrogens is 274 g/mol. The zero-order chi connectivity index (χ0) is 15.5. The number of carboxylic acids is 1. The third kappa shape index (κ3) is 3.65. The molecule has 1 atom stereocenters. The van der Waals surface area contributed by atoms with E-state index in [2.05, 4.69) is 10.2 Å². The van der Waals surface area contributed by atoms with Gasteiger partial charge >= 0.3 is 12.0 Å². The van der Waals surface area contributed by atoms with Gasteiger partial charge in [0, 0.05) is 45.2 Å². The summed E-state index contributed by atoms with van der Waals surface area (Å²) in [7, 11) is 2.04. The van der Waals surface area contributed by atoms with Crippen LogP contribution in [0, 0.1) is 0 Å². The van der Waals surface area contributed by atoms with Crippen LogP contribution in [0.3, 0.4) is 0 Å². The molecule has 0 aromatic carbocycles. The molecule has 0 bridgehead atoms. The summed E-state index contributed by atoms with van der Waals surface area (Å²) < 4.78 is 5.22. The van der Waals surface area contributed by atoms with E-state index in [1.54, 1.807) is 4.90 Å². The Morgan fingerprint density at radius 2 is 1.95 bits per heavy atom. The van der Waals surface area contributed by atoms with Crippen molar-refractivity contribution in [1.29, 1.82) is 0 Å². The van der Waals surface area contributed by atoms with Crippen molar-refractivity contribution in [2.24, 2.45) is 0 Å². The Morgan fingerprint density at radius 1 is 1.29 bits per heavy atom. The minimum atomic E-state index is -1.19. The Hall–Kier alpha value is -1.34. The molecule has 2 rings (SSSR count). The number of likely N-dealkylation sites (N-methyl/N-ethyl adjacent to an activating group) is 1. The summed E-state index contributed by atoms with van der Waals surface area (Å²) in [4.78, 5) is 28.1. The maximum absolute atomic E-state index is 12.5. The van der Waals surface area contributed by atoms with Crippen LogP contribution in [-0.4, -0.2) is 78.4 Å². The first-order valence-electron chi connectivity index (χ1n) is 7.53. The Bertz CT molecular complexity index is 396. The van der Waals surface area contributed by atoms with Crippen molar-refractivity contribution in [3.05, 3.63) is 0 Å². The number of hydrogen-bond donors (Lipinski definition) is 2. The summed E-state index contributed by atoms with van der Waals surface area (Å²) in [5, 5.41) is 12.3. The van der Waals surface area contributed by atoms with E-state index < -0.39 is 11.5 Å². The van der Waals surface area contributed by atoms with Crippen LogP contribution in [0.5, 0.6) is 0 Å². The highest BCUT2D eigenvalue weighted by molar-refractivity contribution is 5.86. The van der Waals surface area contributed by atoms with Crippen molar-refractivity contribution < 1.29 is 19.4 Å². The number of carbonyl (C=O) groups is 2. The highest BCUT2D eigenvalue weighted by atomic mass is 16.5. The predicted molar refractivity (Wildman–Crippen MR) is 77.2 cm³/mol. The fraction of sp³-hybridized carbons (Fsp3) is 0.857. The van der Waals surface area contributed by atoms with E-state index in [1.165, 1.54) is 0 Å². The van der Waals surface area contributed by atoms with Gasteiger partial charge in [-0.3, -0.25) is 0 Å². The molecule has 0 aromatic rings. The van der Waals surface area contributed by atoms with Gasteiger partial charge in [0.05, 0.1) is 0 Å². The summed E-state index contributed by atoms with van der Waals surface area (Å²) in [5.74, 6) is -0.973. The highest BCUT2D eigenvalue weighted by Crippen LogP contribution is 2.22. The summed E-state index contributed by atoms with van der Waals surface area (Å²) >= 11 is 0. The van der Waals surface area contributed by atoms with Gasteiger partial charge in [0.2, 0.25) is 0 Å². The van der Waals surface area contributed by atoms with Gasteiger partial charge in [-0.15, -0.1) is 0 Å². The topological polar surface area (TPSA) is 82.1 Å². The van der Waals surface area contributed by atoms with Crippen molar-refractivity contribution in [1.82, 2.24) is 15.1 Å². The second-order valence-electron chi connectivity index (χ2n) is 6.09. The van der Waals surface area contributed by atoms with Gasteiger partial charge in [0.1, 0.15) is 5.54 Å². The van der Waals surface area contributed by atoms with E-state index >= 15 is 0 Å². The van der Waals surface area contributed by atoms with Gasteiger partial charge in [-0.25, -0.2) is 9.59 Å². The summed E-state index contributed by atoms with van der Waals surface area (Å²) in [5.41, 5.74) is -1.19. The molecule has 2 aliphatic rings. The largest absolute Gasteiger partial charge is 0.480 e. The van der Waals surface area contributed by atoms with Crippen LogP contribution in [0.25, 0.3) is 0 Å². The number of amides is 2. The zero-order valence-corrected chi connectivity index (χ0v) is 12.8. The zero-order valence-electron chi connectivity index (χ0n) is 12.8. The molecule has 7 heteroatoms. The Labute approximate surface area is 125 Å². The third-order valence-corrected chi connectivity index (χ3v) is 4.41. The molecule has 2 aliphatic heterocycles. The highest BCUT2D eigenvalue weighted by Gasteiger charge is 2.43. The van der Waals surface area contributed by atoms with Crippen LogP contribution in [0.2, 0.25) is 0 Å². The first-order chi connectivity index (χ1) is 9.94. The molecule has 2 amide bonds. The SMILES string of the molecule is CC1CN(C)CCCN1C(=O)NC1(C(=O)O)CCOCC1. The minimum Gasteiger partial charge on any atom is -0.480 e. The van der Waals surface area contributed by atoms with Crippen molar-refractivity contribution in [3.63, 3.8) is 0 Å². The van der Waals surface area contributed by atoms with E-state index in [4.69, 9.17) is 4.74 Å². The lowest BCUT2D eigenvalue weighted by molar-refractivity contribution is -0.148. The monoisotopic (exact) mass is 299 g/mol. The summed E-state index contributed by atoms with van der Waals surface area (Å²) in [6.07, 6.45) is 1.53. The van der Waals surface area contributed by atoms with Gasteiger partial charge in [0.15, 0.2) is 0 Å². The molecule has 2 fully saturated rings. The van der Waals surface area contributed by atoms with Crippen molar-refractivity contribution in [2.75, 3.05) is 39.9 Å². The van der Waals surface area contributed by atoms with Gasteiger partial charge in [0.25, 0.3) is 0 Å². The second-order valence-corrected chi connectivity index (χ2v) is 6.09. The fourth-order valence-corrected chi connectivity index (χ4v) is 3.06. The molecule has 21 heavy (non-hydrogen) atoms. The Kier molecular flexibility index (Phi) is 5.05. The average Bonchev–Trinajstić information content (AvgIpc) is 2.60. The van der Waals surface area contributed by atoms with Gasteiger partial charge in [-0.05, 0) is 26.9 Å². The number of aliphatic carboxylic acids is 1. The van der Waals surface area contributed by atoms with Gasteiger partial charge in [-0.2, -0.15) is 0 Å². The lowest BCUT2D eigenvalue weighted by atomic mass is 9.90. The molecular formula is C14H25N3O4. The second kappa shape index (κ2) is 6.62. The van der Waals surface area contributed by atoms with Crippen LogP contribution in [-0.2, 0) is 9.53 Å². The lowest BCUT2D eigenvalue weighted by Gasteiger charge is -2.37. The number of nitrogens with one attached hydrogen (secondary N) is 1. The van der Waals surface area contributed by atoms with Crippen molar-refractivity contribution in [3.8, 4) is 0 Å². The molecule has 0 aliphatic carbocycles. The van der Waals surface area contributed by atoms with Crippen LogP contribution in [0.1, 0.15) is 26.2 Å². The molecule has 2 N–H and O–H groups in total. The summed E-state index contributed by atoms with van der Waals surface area (Å²) in [6.45, 7) is 5.14. The molecule has 0 radical (unpaired) electrons. The minimum absolute atomic E-state index is 0.0724. The molecule has 0 spiro atoms. The van der Waals surface area contributed by atoms with E-state index in [0.29, 0.717) is 32.6 Å². The fourth-order valence-electron chi connectivity index (χ4n) is 3.06. The smallest absolute Gasteiger partial charge is 0.329 e. The Morgan fingerprint density at radius 3 is 2.57 bits per heavy atom. The first-order valence-corrected chi connectivity index (χ1v) is 7.53. The van der Waals surface area contributed by atoms with Crippen LogP contribution < -0.4 is 5.32 Å². The molecule has 1 unspecified atom stereocenters. The number of nitrogens with zero attached hydrogens (tertiary/aromatic N) is 2. The van der Waals surface area contributed by atoms with E-state index in [-0.39, 0.29) is 12.1 Å². The average molecular weight is 299 g/mol. The predicted octanol–water partition coefficient (Wildman–Crippen LogP) is 0.356. The Balaban J connectivity index is 2.06. The number of carbonyl (C=O) groups excluding carboxylic acids is 1. The van der Waals surface area contributed by atoms with Gasteiger partial charge < -0.3 is 25.0 Å². The van der Waals surface area contributed by atoms with Crippen LogP contribution >= 0.6 is 0 Å². The molecule has 2 heterocycles. The standard InChI is InChI=1S/C14H25N3O4/c1-11-10-16(2)6-3-7-17(11)13(20)15-14(12(18)19)4-8-21-9-5-14/h11H,3-10H2,1-2H3,(H,15,20)(H,18,19). The van der Waals surface area contributed by atoms with Crippen LogP contribution in [0.4, 0.5) is 4.79 Å². The molecule has 0 saturated carbocycles. The number of rotatable bonds is 2. The van der Waals surface area contributed by atoms with Crippen LogP contribution in [0.15, 0.2) is 0 Å². The molecule has 2 saturated heterocycles. The quantitative estimate of drug-likeness (QED) is 0.769. The first kappa shape index (κ1) is 16.0. The number of hydrogen-bond acceptors (Lipinski definition) is 4.